The first-order valence-electron chi connectivity index (χ1n) is 8.72. The molecule has 6 rings (SSSR count). The van der Waals surface area contributed by atoms with E-state index in [-0.39, 0.29) is 0 Å². The number of halogens is 2. The van der Waals surface area contributed by atoms with Gasteiger partial charge in [0.1, 0.15) is 5.65 Å². The zero-order valence-electron chi connectivity index (χ0n) is 14.3. The normalized spacial score (nSPS) is 12.3. The second kappa shape index (κ2) is 5.16. The van der Waals surface area contributed by atoms with Gasteiger partial charge in [-0.3, -0.25) is 4.40 Å². The Bertz CT molecular complexity index is 1560. The van der Waals surface area contributed by atoms with Gasteiger partial charge >= 0.3 is 0 Å². The van der Waals surface area contributed by atoms with Crippen LogP contribution in [-0.4, -0.2) is 14.4 Å². The molecule has 0 aliphatic rings. The molecule has 5 heteroatoms. The average molecular weight is 390 g/mol. The van der Waals surface area contributed by atoms with Crippen LogP contribution in [0.25, 0.3) is 49.4 Å². The molecule has 0 unspecified atom stereocenters. The first-order chi connectivity index (χ1) is 13.1. The molecule has 0 spiro atoms. The Morgan fingerprint density at radius 3 is 2.59 bits per heavy atom. The molecular weight excluding hydrogens is 377 g/mol. The number of fused-ring (bicyclic) bond motifs is 10. The van der Waals surface area contributed by atoms with Crippen molar-refractivity contribution in [2.75, 3.05) is 0 Å². The van der Waals surface area contributed by atoms with Crippen LogP contribution in [0.3, 0.4) is 0 Å². The highest BCUT2D eigenvalue weighted by atomic mass is 35.5. The molecule has 0 aliphatic carbocycles. The first kappa shape index (κ1) is 15.3. The number of nitrogens with zero attached hydrogens (tertiary/aromatic N) is 2. The number of pyridine rings is 1. The van der Waals surface area contributed by atoms with E-state index in [9.17, 15) is 0 Å². The molecular formula is C22H13Cl2N3. The van der Waals surface area contributed by atoms with Crippen LogP contribution in [0.5, 0.6) is 0 Å². The van der Waals surface area contributed by atoms with Gasteiger partial charge in [-0.15, -0.1) is 0 Å². The van der Waals surface area contributed by atoms with E-state index in [1.54, 1.807) is 0 Å². The lowest BCUT2D eigenvalue weighted by Gasteiger charge is -2.06. The SMILES string of the molecule is Cc1ccc2[nH]c3c4ccccc4n4c5cc(Cl)c(Cl)cc5nc4c3c2c1. The summed E-state index contributed by atoms with van der Waals surface area (Å²) in [5, 5.41) is 4.50. The monoisotopic (exact) mass is 389 g/mol. The molecule has 3 aromatic heterocycles. The van der Waals surface area contributed by atoms with Gasteiger partial charge in [0.25, 0.3) is 0 Å². The van der Waals surface area contributed by atoms with Crippen molar-refractivity contribution in [1.29, 1.82) is 0 Å². The number of nitrogens with one attached hydrogen (secondary N) is 1. The summed E-state index contributed by atoms with van der Waals surface area (Å²) in [5.41, 5.74) is 7.22. The minimum Gasteiger partial charge on any atom is -0.354 e. The van der Waals surface area contributed by atoms with Crippen LogP contribution < -0.4 is 0 Å². The molecule has 0 saturated heterocycles. The number of benzene rings is 3. The molecule has 0 bridgehead atoms. The van der Waals surface area contributed by atoms with Crippen LogP contribution in [-0.2, 0) is 0 Å². The minimum atomic E-state index is 0.517. The van der Waals surface area contributed by atoms with E-state index >= 15 is 0 Å². The Morgan fingerprint density at radius 1 is 0.889 bits per heavy atom. The van der Waals surface area contributed by atoms with Gasteiger partial charge in [0, 0.05) is 16.3 Å². The van der Waals surface area contributed by atoms with Gasteiger partial charge in [0.2, 0.25) is 0 Å². The van der Waals surface area contributed by atoms with E-state index in [0.29, 0.717) is 10.0 Å². The molecule has 0 aliphatic heterocycles. The molecule has 0 atom stereocenters. The zero-order chi connectivity index (χ0) is 18.3. The molecule has 0 amide bonds. The Hall–Kier alpha value is -2.75. The molecule has 130 valence electrons. The van der Waals surface area contributed by atoms with Crippen molar-refractivity contribution >= 4 is 72.6 Å². The molecule has 0 radical (unpaired) electrons. The molecule has 0 saturated carbocycles. The van der Waals surface area contributed by atoms with Crippen molar-refractivity contribution in [3.63, 3.8) is 0 Å². The van der Waals surface area contributed by atoms with E-state index in [0.717, 1.165) is 44.0 Å². The molecule has 3 heterocycles. The van der Waals surface area contributed by atoms with Crippen molar-refractivity contribution in [3.8, 4) is 0 Å². The van der Waals surface area contributed by atoms with E-state index in [1.807, 2.05) is 18.2 Å². The van der Waals surface area contributed by atoms with Crippen LogP contribution >= 0.6 is 23.2 Å². The van der Waals surface area contributed by atoms with Crippen molar-refractivity contribution in [1.82, 2.24) is 14.4 Å². The van der Waals surface area contributed by atoms with Crippen LogP contribution in [0, 0.1) is 6.92 Å². The smallest absolute Gasteiger partial charge is 0.148 e. The average Bonchev–Trinajstić information content (AvgIpc) is 3.20. The first-order valence-corrected chi connectivity index (χ1v) is 9.47. The summed E-state index contributed by atoms with van der Waals surface area (Å²) < 4.78 is 2.19. The lowest BCUT2D eigenvalue weighted by Crippen LogP contribution is -1.90. The van der Waals surface area contributed by atoms with Gasteiger partial charge in [-0.25, -0.2) is 4.98 Å². The van der Waals surface area contributed by atoms with Crippen LogP contribution in [0.1, 0.15) is 5.56 Å². The molecule has 1 N–H and O–H groups in total. The third-order valence-electron chi connectivity index (χ3n) is 5.29. The summed E-state index contributed by atoms with van der Waals surface area (Å²) in [4.78, 5) is 8.55. The standard InChI is InChI=1S/C22H13Cl2N3/c1-11-6-7-16-13(8-11)20-21(25-16)12-4-2-3-5-18(12)27-19-10-15(24)14(23)9-17(19)26-22(20)27/h2-10,25H,1H3. The summed E-state index contributed by atoms with van der Waals surface area (Å²) in [6.45, 7) is 2.11. The van der Waals surface area contributed by atoms with Crippen molar-refractivity contribution < 1.29 is 0 Å². The Labute approximate surface area is 164 Å². The molecule has 27 heavy (non-hydrogen) atoms. The van der Waals surface area contributed by atoms with Gasteiger partial charge < -0.3 is 4.98 Å². The maximum Gasteiger partial charge on any atom is 0.148 e. The predicted octanol–water partition coefficient (Wildman–Crippen LogP) is 6.89. The third-order valence-corrected chi connectivity index (χ3v) is 6.01. The van der Waals surface area contributed by atoms with Crippen LogP contribution in [0.4, 0.5) is 0 Å². The molecule has 3 aromatic carbocycles. The lowest BCUT2D eigenvalue weighted by molar-refractivity contribution is 1.31. The highest BCUT2D eigenvalue weighted by molar-refractivity contribution is 6.42. The van der Waals surface area contributed by atoms with Crippen molar-refractivity contribution in [2.24, 2.45) is 0 Å². The number of H-pyrrole nitrogens is 1. The fraction of sp³-hybridized carbons (Fsp3) is 0.0455. The Morgan fingerprint density at radius 2 is 1.70 bits per heavy atom. The minimum absolute atomic E-state index is 0.517. The number of hydrogen-bond donors (Lipinski definition) is 1. The number of aromatic amines is 1. The van der Waals surface area contributed by atoms with Gasteiger partial charge in [-0.2, -0.15) is 0 Å². The van der Waals surface area contributed by atoms with E-state index in [2.05, 4.69) is 52.7 Å². The summed E-state index contributed by atoms with van der Waals surface area (Å²) in [6.07, 6.45) is 0. The van der Waals surface area contributed by atoms with E-state index < -0.39 is 0 Å². The molecule has 6 aromatic rings. The van der Waals surface area contributed by atoms with Crippen molar-refractivity contribution in [2.45, 2.75) is 6.92 Å². The number of aromatic nitrogens is 3. The number of para-hydroxylation sites is 1. The third kappa shape index (κ3) is 1.96. The van der Waals surface area contributed by atoms with Gasteiger partial charge in [-0.1, -0.05) is 53.0 Å². The second-order valence-corrected chi connectivity index (χ2v) is 7.78. The van der Waals surface area contributed by atoms with Gasteiger partial charge in [0.15, 0.2) is 0 Å². The number of imidazole rings is 1. The van der Waals surface area contributed by atoms with Crippen LogP contribution in [0.15, 0.2) is 54.6 Å². The van der Waals surface area contributed by atoms with Gasteiger partial charge in [-0.05, 0) is 37.3 Å². The van der Waals surface area contributed by atoms with Crippen LogP contribution in [0.2, 0.25) is 10.0 Å². The fourth-order valence-electron chi connectivity index (χ4n) is 4.10. The molecule has 3 nitrogen and oxygen atoms in total. The summed E-state index contributed by atoms with van der Waals surface area (Å²) in [7, 11) is 0. The summed E-state index contributed by atoms with van der Waals surface area (Å²) in [6, 6.07) is 18.6. The summed E-state index contributed by atoms with van der Waals surface area (Å²) in [5.74, 6) is 0. The number of rotatable bonds is 0. The largest absolute Gasteiger partial charge is 0.354 e. The maximum absolute atomic E-state index is 6.33. The lowest BCUT2D eigenvalue weighted by atomic mass is 10.1. The van der Waals surface area contributed by atoms with Gasteiger partial charge in [0.05, 0.1) is 37.5 Å². The molecule has 0 fully saturated rings. The quantitative estimate of drug-likeness (QED) is 0.301. The topological polar surface area (TPSA) is 33.1 Å². The predicted molar refractivity (Wildman–Crippen MR) is 114 cm³/mol. The number of hydrogen-bond acceptors (Lipinski definition) is 1. The maximum atomic E-state index is 6.33. The Kier molecular flexibility index (Phi) is 2.93. The van der Waals surface area contributed by atoms with E-state index in [1.165, 1.54) is 10.9 Å². The highest BCUT2D eigenvalue weighted by Crippen LogP contribution is 2.38. The van der Waals surface area contributed by atoms with Crippen molar-refractivity contribution in [3.05, 3.63) is 70.2 Å². The summed E-state index contributed by atoms with van der Waals surface area (Å²) >= 11 is 12.6. The fourth-order valence-corrected chi connectivity index (χ4v) is 4.42. The second-order valence-electron chi connectivity index (χ2n) is 6.97. The Balaban J connectivity index is 2.02. The zero-order valence-corrected chi connectivity index (χ0v) is 15.9. The van der Waals surface area contributed by atoms with E-state index in [4.69, 9.17) is 28.2 Å². The highest BCUT2D eigenvalue weighted by Gasteiger charge is 2.18. The number of aryl methyl sites for hydroxylation is 1.